The average Bonchev–Trinajstić information content (AvgIpc) is 3.08. The smallest absolute Gasteiger partial charge is 0.0998 e. The van der Waals surface area contributed by atoms with Crippen molar-refractivity contribution in [1.82, 2.24) is 4.57 Å². The Bertz CT molecular complexity index is 1460. The van der Waals surface area contributed by atoms with Crippen LogP contribution in [0, 0.1) is 18.3 Å². The SMILES string of the molecule is Cc1c(/C=C(/C#N)c2ccc3ccccc3c2)c2ccccc2n1Cc1ccccc1. The van der Waals surface area contributed by atoms with Crippen LogP contribution in [0.15, 0.2) is 97.1 Å². The molecular weight excluding hydrogens is 376 g/mol. The number of fused-ring (bicyclic) bond motifs is 2. The van der Waals surface area contributed by atoms with Crippen molar-refractivity contribution in [2.75, 3.05) is 0 Å². The molecule has 0 aliphatic rings. The lowest BCUT2D eigenvalue weighted by atomic mass is 9.99. The fraction of sp³-hybridized carbons (Fsp3) is 0.0690. The predicted molar refractivity (Wildman–Crippen MR) is 130 cm³/mol. The van der Waals surface area contributed by atoms with E-state index in [4.69, 9.17) is 0 Å². The van der Waals surface area contributed by atoms with Gasteiger partial charge in [-0.25, -0.2) is 0 Å². The number of hydrogen-bond acceptors (Lipinski definition) is 1. The Labute approximate surface area is 182 Å². The number of nitriles is 1. The Balaban J connectivity index is 1.66. The van der Waals surface area contributed by atoms with Gasteiger partial charge in [0.25, 0.3) is 0 Å². The van der Waals surface area contributed by atoms with Gasteiger partial charge in [-0.05, 0) is 47.0 Å². The highest BCUT2D eigenvalue weighted by atomic mass is 15.0. The lowest BCUT2D eigenvalue weighted by Crippen LogP contribution is -2.01. The van der Waals surface area contributed by atoms with Gasteiger partial charge in [-0.2, -0.15) is 5.26 Å². The van der Waals surface area contributed by atoms with Gasteiger partial charge >= 0.3 is 0 Å². The normalized spacial score (nSPS) is 11.7. The Morgan fingerprint density at radius 3 is 2.35 bits per heavy atom. The van der Waals surface area contributed by atoms with Gasteiger partial charge < -0.3 is 4.57 Å². The first-order chi connectivity index (χ1) is 15.2. The monoisotopic (exact) mass is 398 g/mol. The van der Waals surface area contributed by atoms with Crippen molar-refractivity contribution in [2.24, 2.45) is 0 Å². The van der Waals surface area contributed by atoms with Gasteiger partial charge in [0.2, 0.25) is 0 Å². The Kier molecular flexibility index (Phi) is 4.86. The van der Waals surface area contributed by atoms with E-state index in [1.54, 1.807) is 0 Å². The molecule has 0 saturated carbocycles. The number of benzene rings is 4. The van der Waals surface area contributed by atoms with Crippen LogP contribution in [0.2, 0.25) is 0 Å². The lowest BCUT2D eigenvalue weighted by molar-refractivity contribution is 0.804. The van der Waals surface area contributed by atoms with E-state index in [9.17, 15) is 5.26 Å². The fourth-order valence-corrected chi connectivity index (χ4v) is 4.29. The highest BCUT2D eigenvalue weighted by Crippen LogP contribution is 2.31. The number of para-hydroxylation sites is 1. The Hall–Kier alpha value is -4.09. The zero-order chi connectivity index (χ0) is 21.2. The minimum absolute atomic E-state index is 0.677. The molecule has 0 spiro atoms. The molecule has 0 N–H and O–H groups in total. The van der Waals surface area contributed by atoms with Crippen LogP contribution in [-0.2, 0) is 6.54 Å². The first-order valence-electron chi connectivity index (χ1n) is 10.5. The van der Waals surface area contributed by atoms with Crippen molar-refractivity contribution in [3.63, 3.8) is 0 Å². The van der Waals surface area contributed by atoms with Crippen LogP contribution < -0.4 is 0 Å². The summed E-state index contributed by atoms with van der Waals surface area (Å²) < 4.78 is 2.34. The number of rotatable bonds is 4. The molecule has 0 aliphatic heterocycles. The molecule has 31 heavy (non-hydrogen) atoms. The summed E-state index contributed by atoms with van der Waals surface area (Å²) in [5.74, 6) is 0. The van der Waals surface area contributed by atoms with Gasteiger partial charge in [-0.15, -0.1) is 0 Å². The number of nitrogens with zero attached hydrogens (tertiary/aromatic N) is 2. The first-order valence-corrected chi connectivity index (χ1v) is 10.5. The van der Waals surface area contributed by atoms with Crippen molar-refractivity contribution in [2.45, 2.75) is 13.5 Å². The fourth-order valence-electron chi connectivity index (χ4n) is 4.29. The molecule has 0 amide bonds. The van der Waals surface area contributed by atoms with Gasteiger partial charge in [0.05, 0.1) is 11.6 Å². The van der Waals surface area contributed by atoms with E-state index in [1.807, 2.05) is 30.3 Å². The van der Waals surface area contributed by atoms with Crippen molar-refractivity contribution in [1.29, 1.82) is 5.26 Å². The van der Waals surface area contributed by atoms with Gasteiger partial charge in [0, 0.05) is 28.7 Å². The molecule has 0 bridgehead atoms. The molecule has 5 aromatic rings. The maximum absolute atomic E-state index is 9.99. The summed E-state index contributed by atoms with van der Waals surface area (Å²) in [5, 5.41) is 13.5. The highest BCUT2D eigenvalue weighted by Gasteiger charge is 2.14. The van der Waals surface area contributed by atoms with Crippen molar-refractivity contribution in [3.8, 4) is 6.07 Å². The summed E-state index contributed by atoms with van der Waals surface area (Å²) in [6.07, 6.45) is 2.04. The molecule has 2 nitrogen and oxygen atoms in total. The van der Waals surface area contributed by atoms with Gasteiger partial charge in [0.1, 0.15) is 0 Å². The zero-order valence-corrected chi connectivity index (χ0v) is 17.4. The van der Waals surface area contributed by atoms with Crippen molar-refractivity contribution >= 4 is 33.3 Å². The molecule has 0 saturated heterocycles. The molecule has 148 valence electrons. The zero-order valence-electron chi connectivity index (χ0n) is 17.4. The Morgan fingerprint density at radius 2 is 1.55 bits per heavy atom. The first kappa shape index (κ1) is 18.9. The van der Waals surface area contributed by atoms with E-state index in [2.05, 4.69) is 90.4 Å². The van der Waals surface area contributed by atoms with Crippen LogP contribution >= 0.6 is 0 Å². The Morgan fingerprint density at radius 1 is 0.839 bits per heavy atom. The second-order valence-electron chi connectivity index (χ2n) is 7.82. The predicted octanol–water partition coefficient (Wildman–Crippen LogP) is 7.22. The number of aromatic nitrogens is 1. The third kappa shape index (κ3) is 3.52. The van der Waals surface area contributed by atoms with Gasteiger partial charge in [0.15, 0.2) is 0 Å². The van der Waals surface area contributed by atoms with Crippen molar-refractivity contribution in [3.05, 3.63) is 119 Å². The average molecular weight is 399 g/mol. The molecule has 1 aromatic heterocycles. The van der Waals surface area contributed by atoms with Crippen LogP contribution in [0.1, 0.15) is 22.4 Å². The lowest BCUT2D eigenvalue weighted by Gasteiger charge is -2.09. The minimum atomic E-state index is 0.677. The summed E-state index contributed by atoms with van der Waals surface area (Å²) in [4.78, 5) is 0. The molecule has 0 radical (unpaired) electrons. The van der Waals surface area contributed by atoms with Gasteiger partial charge in [-0.3, -0.25) is 0 Å². The van der Waals surface area contributed by atoms with E-state index >= 15 is 0 Å². The topological polar surface area (TPSA) is 28.7 Å². The largest absolute Gasteiger partial charge is 0.340 e. The van der Waals surface area contributed by atoms with Crippen LogP contribution in [0.5, 0.6) is 0 Å². The second kappa shape index (κ2) is 7.97. The molecule has 0 unspecified atom stereocenters. The molecule has 1 heterocycles. The summed E-state index contributed by atoms with van der Waals surface area (Å²) in [6, 6.07) is 35.8. The molecular formula is C29H22N2. The summed E-state index contributed by atoms with van der Waals surface area (Å²) >= 11 is 0. The maximum atomic E-state index is 9.99. The third-order valence-electron chi connectivity index (χ3n) is 5.93. The molecule has 0 fully saturated rings. The quantitative estimate of drug-likeness (QED) is 0.294. The molecule has 2 heteroatoms. The summed E-state index contributed by atoms with van der Waals surface area (Å²) in [5.41, 5.74) is 6.34. The van der Waals surface area contributed by atoms with E-state index in [0.717, 1.165) is 23.1 Å². The minimum Gasteiger partial charge on any atom is -0.340 e. The van der Waals surface area contributed by atoms with Crippen LogP contribution in [-0.4, -0.2) is 4.57 Å². The van der Waals surface area contributed by atoms with E-state index < -0.39 is 0 Å². The van der Waals surface area contributed by atoms with Gasteiger partial charge in [-0.1, -0.05) is 84.9 Å². The summed E-state index contributed by atoms with van der Waals surface area (Å²) in [7, 11) is 0. The van der Waals surface area contributed by atoms with E-state index in [1.165, 1.54) is 27.5 Å². The van der Waals surface area contributed by atoms with Crippen LogP contribution in [0.3, 0.4) is 0 Å². The molecule has 4 aromatic carbocycles. The summed E-state index contributed by atoms with van der Waals surface area (Å²) in [6.45, 7) is 2.95. The van der Waals surface area contributed by atoms with E-state index in [-0.39, 0.29) is 0 Å². The molecule has 0 atom stereocenters. The molecule has 5 rings (SSSR count). The third-order valence-corrected chi connectivity index (χ3v) is 5.93. The standard InChI is InChI=1S/C29H22N2/c1-21-28(18-26(19-30)25-16-15-23-11-5-6-12-24(23)17-25)27-13-7-8-14-29(27)31(21)20-22-9-3-2-4-10-22/h2-18H,20H2,1H3/b26-18-. The van der Waals surface area contributed by atoms with Crippen molar-refractivity contribution < 1.29 is 0 Å². The van der Waals surface area contributed by atoms with E-state index in [0.29, 0.717) is 5.57 Å². The maximum Gasteiger partial charge on any atom is 0.0998 e. The van der Waals surface area contributed by atoms with Crippen LogP contribution in [0.25, 0.3) is 33.3 Å². The second-order valence-corrected chi connectivity index (χ2v) is 7.82. The highest BCUT2D eigenvalue weighted by molar-refractivity contribution is 6.00. The number of hydrogen-bond donors (Lipinski definition) is 0. The molecule has 0 aliphatic carbocycles. The van der Waals surface area contributed by atoms with Crippen LogP contribution in [0.4, 0.5) is 0 Å². The number of allylic oxidation sites excluding steroid dienone is 1.